The van der Waals surface area contributed by atoms with E-state index in [1.54, 1.807) is 12.1 Å². The van der Waals surface area contributed by atoms with Crippen molar-refractivity contribution in [3.63, 3.8) is 0 Å². The summed E-state index contributed by atoms with van der Waals surface area (Å²) in [7, 11) is 5.65. The molecule has 0 aromatic heterocycles. The summed E-state index contributed by atoms with van der Waals surface area (Å²) < 4.78 is 20.9. The molecule has 43 heavy (non-hydrogen) atoms. The maximum absolute atomic E-state index is 13.8. The van der Waals surface area contributed by atoms with Gasteiger partial charge in [-0.05, 0) is 42.0 Å². The topological polar surface area (TPSA) is 136 Å². The molecule has 4 rings (SSSR count). The molecule has 4 amide bonds. The summed E-state index contributed by atoms with van der Waals surface area (Å²) in [5, 5.41) is 5.68. The number of amides is 4. The molecule has 1 aliphatic rings. The molecule has 3 aromatic carbocycles. The maximum Gasteiger partial charge on any atom is 0.337 e. The third kappa shape index (κ3) is 7.15. The van der Waals surface area contributed by atoms with Crippen LogP contribution in [0.2, 0.25) is 0 Å². The Morgan fingerprint density at radius 2 is 1.47 bits per heavy atom. The molecule has 1 saturated heterocycles. The fourth-order valence-corrected chi connectivity index (χ4v) is 4.72. The minimum atomic E-state index is -0.989. The Hall–Kier alpha value is -5.26. The van der Waals surface area contributed by atoms with E-state index in [2.05, 4.69) is 10.6 Å². The molecule has 2 N–H and O–H groups in total. The fourth-order valence-electron chi connectivity index (χ4n) is 4.72. The molecule has 0 spiro atoms. The summed E-state index contributed by atoms with van der Waals surface area (Å²) in [5.74, 6) is -0.407. The number of hydrogen-bond acceptors (Lipinski definition) is 8. The van der Waals surface area contributed by atoms with Crippen LogP contribution in [0.25, 0.3) is 0 Å². The summed E-state index contributed by atoms with van der Waals surface area (Å²) >= 11 is 0. The van der Waals surface area contributed by atoms with Crippen LogP contribution in [0.1, 0.15) is 26.3 Å². The van der Waals surface area contributed by atoms with Gasteiger partial charge in [-0.15, -0.1) is 0 Å². The highest BCUT2D eigenvalue weighted by atomic mass is 16.5. The van der Waals surface area contributed by atoms with E-state index in [9.17, 15) is 19.2 Å². The van der Waals surface area contributed by atoms with Crippen molar-refractivity contribution in [3.05, 3.63) is 83.4 Å². The number of piperazine rings is 1. The average Bonchev–Trinajstić information content (AvgIpc) is 3.06. The summed E-state index contributed by atoms with van der Waals surface area (Å²) in [6.07, 6.45) is 0. The Balaban J connectivity index is 1.56. The lowest BCUT2D eigenvalue weighted by molar-refractivity contribution is -0.127. The Labute approximate surface area is 249 Å². The van der Waals surface area contributed by atoms with Crippen molar-refractivity contribution >= 4 is 29.5 Å². The van der Waals surface area contributed by atoms with E-state index >= 15 is 0 Å². The van der Waals surface area contributed by atoms with Crippen LogP contribution in [0.3, 0.4) is 0 Å². The molecule has 1 unspecified atom stereocenters. The number of nitrogens with one attached hydrogen (secondary N) is 2. The summed E-state index contributed by atoms with van der Waals surface area (Å²) in [5.41, 5.74) is 1.92. The van der Waals surface area contributed by atoms with Gasteiger partial charge in [0.2, 0.25) is 11.7 Å². The van der Waals surface area contributed by atoms with Gasteiger partial charge in [-0.25, -0.2) is 9.59 Å². The minimum Gasteiger partial charge on any atom is -0.493 e. The number of anilines is 1. The second-order valence-electron chi connectivity index (χ2n) is 9.58. The van der Waals surface area contributed by atoms with Crippen molar-refractivity contribution in [1.82, 2.24) is 15.1 Å². The zero-order valence-electron chi connectivity index (χ0n) is 24.4. The van der Waals surface area contributed by atoms with Crippen molar-refractivity contribution in [2.75, 3.05) is 53.4 Å². The molecular formula is C31H34N4O8. The van der Waals surface area contributed by atoms with Gasteiger partial charge in [0.15, 0.2) is 11.5 Å². The molecule has 12 nitrogen and oxygen atoms in total. The lowest BCUT2D eigenvalue weighted by Gasteiger charge is -2.40. The predicted molar refractivity (Wildman–Crippen MR) is 158 cm³/mol. The van der Waals surface area contributed by atoms with Crippen LogP contribution in [0.4, 0.5) is 10.5 Å². The van der Waals surface area contributed by atoms with Crippen LogP contribution in [-0.2, 0) is 16.1 Å². The molecule has 1 atom stereocenters. The molecular weight excluding hydrogens is 556 g/mol. The molecule has 1 aliphatic heterocycles. The summed E-state index contributed by atoms with van der Waals surface area (Å²) in [6.45, 7) is 0.461. The van der Waals surface area contributed by atoms with E-state index in [1.165, 1.54) is 62.5 Å². The first-order valence-electron chi connectivity index (χ1n) is 13.5. The third-order valence-electron chi connectivity index (χ3n) is 7.01. The number of carbonyl (C=O) groups is 4. The first kappa shape index (κ1) is 30.7. The Bertz CT molecular complexity index is 1440. The molecule has 0 bridgehead atoms. The molecule has 12 heteroatoms. The van der Waals surface area contributed by atoms with Gasteiger partial charge in [0.1, 0.15) is 6.04 Å². The van der Waals surface area contributed by atoms with E-state index in [-0.39, 0.29) is 31.7 Å². The number of benzene rings is 3. The number of methoxy groups -OCH3 is 4. The second kappa shape index (κ2) is 14.1. The number of urea groups is 1. The van der Waals surface area contributed by atoms with Crippen LogP contribution >= 0.6 is 0 Å². The number of ether oxygens (including phenoxy) is 4. The largest absolute Gasteiger partial charge is 0.493 e. The monoisotopic (exact) mass is 590 g/mol. The number of esters is 1. The molecule has 0 saturated carbocycles. The maximum atomic E-state index is 13.8. The average molecular weight is 591 g/mol. The van der Waals surface area contributed by atoms with E-state index in [0.717, 1.165) is 5.56 Å². The van der Waals surface area contributed by atoms with Crippen LogP contribution in [0, 0.1) is 0 Å². The Kier molecular flexibility index (Phi) is 10.0. The number of hydrogen-bond donors (Lipinski definition) is 2. The van der Waals surface area contributed by atoms with Crippen LogP contribution in [-0.4, -0.2) is 87.7 Å². The van der Waals surface area contributed by atoms with Crippen LogP contribution < -0.4 is 24.8 Å². The summed E-state index contributed by atoms with van der Waals surface area (Å²) in [4.78, 5) is 55.2. The lowest BCUT2D eigenvalue weighted by atomic mass is 10.1. The van der Waals surface area contributed by atoms with Gasteiger partial charge < -0.3 is 39.4 Å². The molecule has 3 aromatic rings. The van der Waals surface area contributed by atoms with E-state index < -0.39 is 29.9 Å². The normalized spacial score (nSPS) is 14.4. The van der Waals surface area contributed by atoms with E-state index in [4.69, 9.17) is 18.9 Å². The van der Waals surface area contributed by atoms with Gasteiger partial charge in [0.05, 0.1) is 40.5 Å². The first-order chi connectivity index (χ1) is 20.8. The van der Waals surface area contributed by atoms with Crippen molar-refractivity contribution < 1.29 is 38.1 Å². The predicted octanol–water partition coefficient (Wildman–Crippen LogP) is 3.17. The minimum absolute atomic E-state index is 0.0527. The smallest absolute Gasteiger partial charge is 0.337 e. The molecule has 1 heterocycles. The Morgan fingerprint density at radius 1 is 0.814 bits per heavy atom. The van der Waals surface area contributed by atoms with Gasteiger partial charge in [0.25, 0.3) is 5.91 Å². The number of nitrogens with zero attached hydrogens (tertiary/aromatic N) is 2. The quantitative estimate of drug-likeness (QED) is 0.363. The molecule has 0 aliphatic carbocycles. The van der Waals surface area contributed by atoms with Gasteiger partial charge >= 0.3 is 12.0 Å². The highest BCUT2D eigenvalue weighted by Crippen LogP contribution is 2.38. The van der Waals surface area contributed by atoms with Gasteiger partial charge in [-0.1, -0.05) is 30.3 Å². The van der Waals surface area contributed by atoms with Crippen LogP contribution in [0.15, 0.2) is 66.7 Å². The van der Waals surface area contributed by atoms with Crippen molar-refractivity contribution in [1.29, 1.82) is 0 Å². The molecule has 0 radical (unpaired) electrons. The third-order valence-corrected chi connectivity index (χ3v) is 7.01. The standard InChI is InChI=1S/C31H34N4O8/c1-40-25-16-22(17-26(41-2)27(25)42-3)29(37)35-15-14-34(19-24(35)28(36)32-18-20-8-6-5-7-9-20)31(39)33-23-12-10-21(11-13-23)30(38)43-4/h5-13,16-17,24H,14-15,18-19H2,1-4H3,(H,32,36)(H,33,39). The first-order valence-corrected chi connectivity index (χ1v) is 13.5. The highest BCUT2D eigenvalue weighted by Gasteiger charge is 2.38. The zero-order chi connectivity index (χ0) is 30.9. The number of carbonyl (C=O) groups excluding carboxylic acids is 4. The molecule has 1 fully saturated rings. The van der Waals surface area contributed by atoms with Crippen molar-refractivity contribution in [2.45, 2.75) is 12.6 Å². The van der Waals surface area contributed by atoms with E-state index in [1.807, 2.05) is 30.3 Å². The second-order valence-corrected chi connectivity index (χ2v) is 9.58. The van der Waals surface area contributed by atoms with Crippen molar-refractivity contribution in [2.24, 2.45) is 0 Å². The molecule has 226 valence electrons. The van der Waals surface area contributed by atoms with Gasteiger partial charge in [0, 0.05) is 30.9 Å². The fraction of sp³-hybridized carbons (Fsp3) is 0.290. The van der Waals surface area contributed by atoms with Crippen LogP contribution in [0.5, 0.6) is 17.2 Å². The van der Waals surface area contributed by atoms with Gasteiger partial charge in [-0.2, -0.15) is 0 Å². The highest BCUT2D eigenvalue weighted by molar-refractivity contribution is 5.99. The van der Waals surface area contributed by atoms with E-state index in [0.29, 0.717) is 28.5 Å². The summed E-state index contributed by atoms with van der Waals surface area (Å²) in [6, 6.07) is 17.2. The van der Waals surface area contributed by atoms with Crippen molar-refractivity contribution in [3.8, 4) is 17.2 Å². The lowest BCUT2D eigenvalue weighted by Crippen LogP contribution is -2.62. The SMILES string of the molecule is COC(=O)c1ccc(NC(=O)N2CCN(C(=O)c3cc(OC)c(OC)c(OC)c3)C(C(=O)NCc3ccccc3)C2)cc1. The Morgan fingerprint density at radius 3 is 2.05 bits per heavy atom. The zero-order valence-corrected chi connectivity index (χ0v) is 24.4. The van der Waals surface area contributed by atoms with Gasteiger partial charge in [-0.3, -0.25) is 9.59 Å². The number of rotatable bonds is 9.